The fourth-order valence-corrected chi connectivity index (χ4v) is 0. The monoisotopic (exact) mass is 548 g/mol. The van der Waals surface area contributed by atoms with Crippen LogP contribution in [0.2, 0.25) is 0 Å². The molecule has 0 radical (unpaired) electrons. The van der Waals surface area contributed by atoms with Crippen LogP contribution in [0.3, 0.4) is 0 Å². The first kappa shape index (κ1) is 57.5. The van der Waals surface area contributed by atoms with Gasteiger partial charge in [0.25, 0.3) is 0 Å². The standard InChI is InChI=1S/2C2H7N.4C2H2O4.2Li.Zr/c2*1-3-2;4*3-1(4)2(5)6;;;/h2*3H,1-2H3;4*(H,3,4)(H,5,6);;;/q;;;;;;2*+1;+4/p-6. The Kier molecular flexibility index (Phi) is 76.0. The van der Waals surface area contributed by atoms with Crippen LogP contribution in [0.15, 0.2) is 0 Å². The molecule has 0 aromatic carbocycles. The number of aliphatic carboxylic acids is 8. The first-order valence-corrected chi connectivity index (χ1v) is 6.58. The van der Waals surface area contributed by atoms with Gasteiger partial charge in [0.1, 0.15) is 0 Å². The molecule has 0 fully saturated rings. The van der Waals surface area contributed by atoms with Crippen molar-refractivity contribution < 1.29 is 154 Å². The molecular formula is C12H16Li2N2O16Zr. The molecule has 18 nitrogen and oxygen atoms in total. The van der Waals surface area contributed by atoms with Crippen LogP contribution in [0.1, 0.15) is 0 Å². The topological polar surface area (TPSA) is 354 Å². The van der Waals surface area contributed by atoms with Crippen LogP contribution in [0, 0.1) is 0 Å². The Morgan fingerprint density at radius 3 is 0.394 bits per heavy atom. The molecule has 21 heteroatoms. The van der Waals surface area contributed by atoms with Crippen molar-refractivity contribution in [3.63, 3.8) is 0 Å². The van der Waals surface area contributed by atoms with Crippen molar-refractivity contribution in [2.75, 3.05) is 28.2 Å². The Morgan fingerprint density at radius 2 is 0.394 bits per heavy atom. The van der Waals surface area contributed by atoms with Gasteiger partial charge in [-0.3, -0.25) is 0 Å². The summed E-state index contributed by atoms with van der Waals surface area (Å²) in [6.07, 6.45) is 0. The fraction of sp³-hybridized carbons (Fsp3) is 0.333. The Hall–Kier alpha value is -2.24. The van der Waals surface area contributed by atoms with E-state index in [4.69, 9.17) is 79.2 Å². The molecule has 4 N–H and O–H groups in total. The molecule has 0 saturated heterocycles. The van der Waals surface area contributed by atoms with Crippen LogP contribution in [-0.4, -0.2) is 75.9 Å². The molecule has 0 saturated carbocycles. The minimum Gasteiger partial charge on any atom is -0.543 e. The molecule has 0 aliphatic carbocycles. The quantitative estimate of drug-likeness (QED) is 0.209. The number of carboxylic acid groups (broad SMARTS) is 8. The van der Waals surface area contributed by atoms with Crippen molar-refractivity contribution in [2.45, 2.75) is 0 Å². The van der Waals surface area contributed by atoms with Gasteiger partial charge in [0.2, 0.25) is 0 Å². The predicted molar refractivity (Wildman–Crippen MR) is 67.6 cm³/mol. The Balaban J connectivity index is -0.0000000300. The summed E-state index contributed by atoms with van der Waals surface area (Å²) in [5.41, 5.74) is 0. The van der Waals surface area contributed by atoms with E-state index in [0.29, 0.717) is 0 Å². The zero-order valence-electron chi connectivity index (χ0n) is 18.2. The summed E-state index contributed by atoms with van der Waals surface area (Å²) in [7, 11) is 8.00. The maximum Gasteiger partial charge on any atom is 4.00 e. The largest absolute Gasteiger partial charge is 4.00 e. The van der Waals surface area contributed by atoms with E-state index in [1.165, 1.54) is 0 Å². The SMILES string of the molecule is C[NH2+]C.C[NH2+]C.O=C([O-])C(=O)[O-].O=C([O-])C(=O)[O-].O=C([O-])C(=O)[O-].O=C([O-])C(=O)[O-].[Li+].[Li+].[Zr+4]. The van der Waals surface area contributed by atoms with Crippen molar-refractivity contribution in [2.24, 2.45) is 0 Å². The van der Waals surface area contributed by atoms with Gasteiger partial charge in [-0.2, -0.15) is 0 Å². The van der Waals surface area contributed by atoms with Gasteiger partial charge in [0, 0.05) is 0 Å². The fourth-order valence-electron chi connectivity index (χ4n) is 0. The van der Waals surface area contributed by atoms with Crippen LogP contribution in [0.5, 0.6) is 0 Å². The minimum atomic E-state index is -2.19. The summed E-state index contributed by atoms with van der Waals surface area (Å²) < 4.78 is 0. The molecule has 0 aromatic rings. The van der Waals surface area contributed by atoms with E-state index in [1.54, 1.807) is 0 Å². The molecule has 0 aromatic heterocycles. The summed E-state index contributed by atoms with van der Waals surface area (Å²) in [4.78, 5) is 71.4. The van der Waals surface area contributed by atoms with E-state index in [9.17, 15) is 0 Å². The Morgan fingerprint density at radius 1 is 0.364 bits per heavy atom. The second kappa shape index (κ2) is 43.6. The summed E-state index contributed by atoms with van der Waals surface area (Å²) in [5, 5.41) is 75.4. The van der Waals surface area contributed by atoms with Gasteiger partial charge in [-0.25, -0.2) is 0 Å². The number of hydrogen-bond acceptors (Lipinski definition) is 16. The maximum absolute atomic E-state index is 8.93. The summed E-state index contributed by atoms with van der Waals surface area (Å²) in [6.45, 7) is 0. The normalized spacial score (nSPS) is 6.42. The number of carbonyl (C=O) groups is 8. The zero-order chi connectivity index (χ0) is 26.0. The molecule has 0 unspecified atom stereocenters. The molecule has 0 bridgehead atoms. The van der Waals surface area contributed by atoms with Gasteiger partial charge < -0.3 is 89.8 Å². The van der Waals surface area contributed by atoms with E-state index < -0.39 is 47.8 Å². The minimum absolute atomic E-state index is 0. The Labute approximate surface area is 228 Å². The molecule has 0 spiro atoms. The van der Waals surface area contributed by atoms with Gasteiger partial charge in [0.15, 0.2) is 0 Å². The first-order chi connectivity index (χ1) is 13.4. The summed E-state index contributed by atoms with van der Waals surface area (Å²) in [5.74, 6) is -17.5. The van der Waals surface area contributed by atoms with Gasteiger partial charge in [-0.15, -0.1) is 0 Å². The molecule has 176 valence electrons. The van der Waals surface area contributed by atoms with Crippen molar-refractivity contribution in [3.05, 3.63) is 0 Å². The third-order valence-electron chi connectivity index (χ3n) is 0.667. The second-order valence-electron chi connectivity index (χ2n) is 3.45. The number of rotatable bonds is 0. The molecule has 0 aliphatic heterocycles. The van der Waals surface area contributed by atoms with Gasteiger partial charge in [-0.05, 0) is 0 Å². The van der Waals surface area contributed by atoms with E-state index in [-0.39, 0.29) is 63.9 Å². The first-order valence-electron chi connectivity index (χ1n) is 6.58. The smallest absolute Gasteiger partial charge is 0.543 e. The maximum atomic E-state index is 8.93. The summed E-state index contributed by atoms with van der Waals surface area (Å²) >= 11 is 0. The average Bonchev–Trinajstić information content (AvgIpc) is 2.57. The van der Waals surface area contributed by atoms with E-state index in [1.807, 2.05) is 38.8 Å². The number of carboxylic acids is 8. The second-order valence-corrected chi connectivity index (χ2v) is 3.45. The predicted octanol–water partition coefficient (Wildman–Crippen LogP) is -22.4. The number of carbonyl (C=O) groups excluding carboxylic acids is 8. The van der Waals surface area contributed by atoms with Crippen molar-refractivity contribution in [3.8, 4) is 0 Å². The van der Waals surface area contributed by atoms with Gasteiger partial charge in [-0.1, -0.05) is 0 Å². The zero-order valence-corrected chi connectivity index (χ0v) is 20.6. The van der Waals surface area contributed by atoms with E-state index in [0.717, 1.165) is 0 Å². The number of hydrogen-bond donors (Lipinski definition) is 2. The molecule has 0 rings (SSSR count). The van der Waals surface area contributed by atoms with Crippen LogP contribution in [0.4, 0.5) is 0 Å². The third kappa shape index (κ3) is 121. The molecule has 0 aliphatic rings. The molecule has 33 heavy (non-hydrogen) atoms. The van der Waals surface area contributed by atoms with Crippen molar-refractivity contribution in [1.82, 2.24) is 0 Å². The third-order valence-corrected chi connectivity index (χ3v) is 0.667. The van der Waals surface area contributed by atoms with Crippen LogP contribution < -0.4 is 89.2 Å². The van der Waals surface area contributed by atoms with Crippen LogP contribution >= 0.6 is 0 Å². The molecule has 0 heterocycles. The van der Waals surface area contributed by atoms with E-state index in [2.05, 4.69) is 0 Å². The molecule has 0 atom stereocenters. The van der Waals surface area contributed by atoms with Crippen molar-refractivity contribution >= 4 is 47.8 Å². The van der Waals surface area contributed by atoms with Gasteiger partial charge >= 0.3 is 63.9 Å². The Bertz CT molecular complexity index is 442. The average molecular weight is 549 g/mol. The van der Waals surface area contributed by atoms with Gasteiger partial charge in [0.05, 0.1) is 75.9 Å². The molecule has 0 amide bonds. The number of quaternary nitrogens is 2. The molecular weight excluding hydrogens is 533 g/mol. The number of nitrogens with two attached hydrogens (primary N) is 2. The summed E-state index contributed by atoms with van der Waals surface area (Å²) in [6, 6.07) is 0. The van der Waals surface area contributed by atoms with Crippen LogP contribution in [0.25, 0.3) is 0 Å². The van der Waals surface area contributed by atoms with Crippen LogP contribution in [-0.2, 0) is 64.6 Å². The van der Waals surface area contributed by atoms with E-state index >= 15 is 0 Å². The van der Waals surface area contributed by atoms with Crippen molar-refractivity contribution in [1.29, 1.82) is 0 Å².